The molecule has 0 fully saturated rings. The predicted molar refractivity (Wildman–Crippen MR) is 82.7 cm³/mol. The quantitative estimate of drug-likeness (QED) is 0.818. The first-order chi connectivity index (χ1) is 8.72. The van der Waals surface area contributed by atoms with Gasteiger partial charge in [0.1, 0.15) is 0 Å². The van der Waals surface area contributed by atoms with Crippen molar-refractivity contribution in [3.63, 3.8) is 0 Å². The van der Waals surface area contributed by atoms with Crippen molar-refractivity contribution < 1.29 is 4.42 Å². The molecule has 1 aromatic heterocycles. The molecule has 0 bridgehead atoms. The lowest BCUT2D eigenvalue weighted by molar-refractivity contribution is 0.533. The Kier molecular flexibility index (Phi) is 4.83. The van der Waals surface area contributed by atoms with Gasteiger partial charge in [0.05, 0.1) is 12.5 Å². The maximum Gasteiger partial charge on any atom is 0.0935 e. The highest BCUT2D eigenvalue weighted by molar-refractivity contribution is 14.1. The maximum absolute atomic E-state index is 5.15. The van der Waals surface area contributed by atoms with Crippen molar-refractivity contribution in [1.29, 1.82) is 0 Å². The van der Waals surface area contributed by atoms with Crippen LogP contribution in [0.1, 0.15) is 29.7 Å². The molecule has 0 radical (unpaired) electrons. The summed E-state index contributed by atoms with van der Waals surface area (Å²) < 4.78 is 6.51. The summed E-state index contributed by atoms with van der Waals surface area (Å²) in [4.78, 5) is 0. The summed E-state index contributed by atoms with van der Waals surface area (Å²) in [5, 5.41) is 3.56. The fourth-order valence-electron chi connectivity index (χ4n) is 2.12. The summed E-state index contributed by atoms with van der Waals surface area (Å²) in [7, 11) is 0. The van der Waals surface area contributed by atoms with Gasteiger partial charge < -0.3 is 9.73 Å². The zero-order valence-electron chi connectivity index (χ0n) is 10.7. The first kappa shape index (κ1) is 13.6. The van der Waals surface area contributed by atoms with E-state index in [1.807, 2.05) is 12.3 Å². The van der Waals surface area contributed by atoms with Gasteiger partial charge >= 0.3 is 0 Å². The third-order valence-corrected chi connectivity index (χ3v) is 4.54. The normalized spacial score (nSPS) is 12.6. The Morgan fingerprint density at radius 1 is 1.33 bits per heavy atom. The van der Waals surface area contributed by atoms with Crippen molar-refractivity contribution in [2.45, 2.75) is 26.3 Å². The second-order valence-electron chi connectivity index (χ2n) is 4.42. The highest BCUT2D eigenvalue weighted by atomic mass is 127. The lowest BCUT2D eigenvalue weighted by Gasteiger charge is -2.20. The SMILES string of the molecule is CCNC(Cc1ccoc1)c1cccc(C)c1I. The molecule has 18 heavy (non-hydrogen) atoms. The molecule has 1 N–H and O–H groups in total. The molecule has 1 unspecified atom stereocenters. The Morgan fingerprint density at radius 3 is 2.83 bits per heavy atom. The molecule has 2 aromatic rings. The Morgan fingerprint density at radius 2 is 2.17 bits per heavy atom. The first-order valence-electron chi connectivity index (χ1n) is 6.21. The molecule has 0 amide bonds. The lowest BCUT2D eigenvalue weighted by Crippen LogP contribution is -2.23. The van der Waals surface area contributed by atoms with E-state index >= 15 is 0 Å². The van der Waals surface area contributed by atoms with Crippen LogP contribution in [0.15, 0.2) is 41.2 Å². The van der Waals surface area contributed by atoms with Crippen molar-refractivity contribution in [1.82, 2.24) is 5.32 Å². The van der Waals surface area contributed by atoms with E-state index in [2.05, 4.69) is 60.0 Å². The van der Waals surface area contributed by atoms with Crippen LogP contribution in [0.5, 0.6) is 0 Å². The van der Waals surface area contributed by atoms with Crippen LogP contribution in [0, 0.1) is 10.5 Å². The molecule has 0 aliphatic rings. The Labute approximate surface area is 122 Å². The molecule has 1 atom stereocenters. The first-order valence-corrected chi connectivity index (χ1v) is 7.29. The van der Waals surface area contributed by atoms with E-state index in [1.165, 1.54) is 20.3 Å². The second-order valence-corrected chi connectivity index (χ2v) is 5.50. The molecule has 1 aromatic carbocycles. The summed E-state index contributed by atoms with van der Waals surface area (Å²) in [6.07, 6.45) is 4.52. The van der Waals surface area contributed by atoms with Crippen LogP contribution in [0.25, 0.3) is 0 Å². The number of hydrogen-bond donors (Lipinski definition) is 1. The fourth-order valence-corrected chi connectivity index (χ4v) is 2.86. The maximum atomic E-state index is 5.15. The summed E-state index contributed by atoms with van der Waals surface area (Å²) >= 11 is 2.44. The van der Waals surface area contributed by atoms with Gasteiger partial charge in [-0.15, -0.1) is 0 Å². The van der Waals surface area contributed by atoms with Crippen molar-refractivity contribution in [2.75, 3.05) is 6.54 Å². The van der Waals surface area contributed by atoms with Crippen LogP contribution < -0.4 is 5.32 Å². The van der Waals surface area contributed by atoms with Gasteiger partial charge in [-0.25, -0.2) is 0 Å². The number of benzene rings is 1. The third kappa shape index (κ3) is 3.14. The van der Waals surface area contributed by atoms with Gasteiger partial charge in [0.2, 0.25) is 0 Å². The average molecular weight is 355 g/mol. The highest BCUT2D eigenvalue weighted by Gasteiger charge is 2.15. The van der Waals surface area contributed by atoms with Gasteiger partial charge in [-0.1, -0.05) is 25.1 Å². The minimum atomic E-state index is 0.347. The number of nitrogens with one attached hydrogen (secondary N) is 1. The molecule has 0 aliphatic carbocycles. The van der Waals surface area contributed by atoms with Crippen LogP contribution in [0.2, 0.25) is 0 Å². The summed E-state index contributed by atoms with van der Waals surface area (Å²) in [6.45, 7) is 5.27. The van der Waals surface area contributed by atoms with Gasteiger partial charge in [-0.3, -0.25) is 0 Å². The molecule has 2 nitrogen and oxygen atoms in total. The molecule has 0 saturated carbocycles. The molecule has 0 spiro atoms. The zero-order valence-corrected chi connectivity index (χ0v) is 12.9. The van der Waals surface area contributed by atoms with Gasteiger partial charge in [-0.05, 0) is 65.2 Å². The number of likely N-dealkylation sites (N-methyl/N-ethyl adjacent to an activating group) is 1. The summed E-state index contributed by atoms with van der Waals surface area (Å²) in [5.41, 5.74) is 3.94. The number of hydrogen-bond acceptors (Lipinski definition) is 2. The van der Waals surface area contributed by atoms with E-state index < -0.39 is 0 Å². The monoisotopic (exact) mass is 355 g/mol. The molecule has 3 heteroatoms. The van der Waals surface area contributed by atoms with E-state index in [9.17, 15) is 0 Å². The minimum Gasteiger partial charge on any atom is -0.472 e. The molecule has 0 aliphatic heterocycles. The minimum absolute atomic E-state index is 0.347. The average Bonchev–Trinajstić information content (AvgIpc) is 2.85. The van der Waals surface area contributed by atoms with Crippen LogP contribution in [-0.4, -0.2) is 6.54 Å². The van der Waals surface area contributed by atoms with Crippen LogP contribution >= 0.6 is 22.6 Å². The van der Waals surface area contributed by atoms with Crippen LogP contribution in [0.3, 0.4) is 0 Å². The third-order valence-electron chi connectivity index (χ3n) is 3.07. The fraction of sp³-hybridized carbons (Fsp3) is 0.333. The van der Waals surface area contributed by atoms with Gasteiger partial charge in [0, 0.05) is 9.61 Å². The molecular formula is C15H18INO. The molecular weight excluding hydrogens is 337 g/mol. The number of rotatable bonds is 5. The van der Waals surface area contributed by atoms with Crippen LogP contribution in [-0.2, 0) is 6.42 Å². The van der Waals surface area contributed by atoms with Crippen molar-refractivity contribution >= 4 is 22.6 Å². The van der Waals surface area contributed by atoms with Gasteiger partial charge in [0.25, 0.3) is 0 Å². The number of halogens is 1. The largest absolute Gasteiger partial charge is 0.472 e. The molecule has 1 heterocycles. The summed E-state index contributed by atoms with van der Waals surface area (Å²) in [5.74, 6) is 0. The number of aryl methyl sites for hydroxylation is 1. The topological polar surface area (TPSA) is 25.2 Å². The highest BCUT2D eigenvalue weighted by Crippen LogP contribution is 2.25. The summed E-state index contributed by atoms with van der Waals surface area (Å²) in [6, 6.07) is 8.88. The second kappa shape index (κ2) is 6.38. The van der Waals surface area contributed by atoms with E-state index in [-0.39, 0.29) is 0 Å². The Bertz CT molecular complexity index is 493. The van der Waals surface area contributed by atoms with Crippen molar-refractivity contribution in [2.24, 2.45) is 0 Å². The standard InChI is InChI=1S/C15H18INO/c1-3-17-14(9-12-7-8-18-10-12)13-6-4-5-11(2)15(13)16/h4-8,10,14,17H,3,9H2,1-2H3. The molecule has 96 valence electrons. The smallest absolute Gasteiger partial charge is 0.0935 e. The Balaban J connectivity index is 2.26. The lowest BCUT2D eigenvalue weighted by atomic mass is 9.99. The Hall–Kier alpha value is -0.810. The number of furan rings is 1. The van der Waals surface area contributed by atoms with E-state index in [1.54, 1.807) is 6.26 Å². The van der Waals surface area contributed by atoms with Crippen LogP contribution in [0.4, 0.5) is 0 Å². The molecule has 0 saturated heterocycles. The molecule has 2 rings (SSSR count). The van der Waals surface area contributed by atoms with Crippen molar-refractivity contribution in [3.05, 3.63) is 57.1 Å². The van der Waals surface area contributed by atoms with Gasteiger partial charge in [0.15, 0.2) is 0 Å². The van der Waals surface area contributed by atoms with E-state index in [0.29, 0.717) is 6.04 Å². The van der Waals surface area contributed by atoms with E-state index in [4.69, 9.17) is 4.42 Å². The predicted octanol–water partition coefficient (Wildman–Crippen LogP) is 4.09. The van der Waals surface area contributed by atoms with Gasteiger partial charge in [-0.2, -0.15) is 0 Å². The van der Waals surface area contributed by atoms with Crippen molar-refractivity contribution in [3.8, 4) is 0 Å². The zero-order chi connectivity index (χ0) is 13.0. The van der Waals surface area contributed by atoms with E-state index in [0.717, 1.165) is 13.0 Å².